The molecule has 1 rings (SSSR count). The molecule has 0 bridgehead atoms. The lowest BCUT2D eigenvalue weighted by molar-refractivity contribution is -0.116. The largest absolute Gasteiger partial charge is 0.377 e. The van der Waals surface area contributed by atoms with Gasteiger partial charge in [0.25, 0.3) is 5.24 Å². The number of hydrogen-bond acceptors (Lipinski definition) is 3. The second kappa shape index (κ2) is 8.25. The summed E-state index contributed by atoms with van der Waals surface area (Å²) in [4.78, 5) is 24.4. The van der Waals surface area contributed by atoms with Crippen LogP contribution >= 0.6 is 23.2 Å². The summed E-state index contributed by atoms with van der Waals surface area (Å²) in [5.74, 6) is -0.332. The average molecular weight is 318 g/mol. The van der Waals surface area contributed by atoms with Gasteiger partial charge in [-0.1, -0.05) is 0 Å². The minimum atomic E-state index is -0.532. The maximum Gasteiger partial charge on any atom is 0.252 e. The Morgan fingerprint density at radius 2 is 1.85 bits per heavy atom. The SMILES string of the molecule is CC(C)OCCN(C(=O)CCl)c1ccc(C(=O)Cl)cc1. The maximum absolute atomic E-state index is 11.9. The molecule has 20 heavy (non-hydrogen) atoms. The Bertz CT molecular complexity index is 460. The van der Waals surface area contributed by atoms with E-state index < -0.39 is 5.24 Å². The van der Waals surface area contributed by atoms with Gasteiger partial charge in [-0.05, 0) is 49.7 Å². The zero-order chi connectivity index (χ0) is 15.1. The van der Waals surface area contributed by atoms with Gasteiger partial charge in [-0.15, -0.1) is 11.6 Å². The van der Waals surface area contributed by atoms with Gasteiger partial charge in [0.1, 0.15) is 5.88 Å². The van der Waals surface area contributed by atoms with Gasteiger partial charge in [-0.25, -0.2) is 0 Å². The molecule has 0 saturated carbocycles. The van der Waals surface area contributed by atoms with Crippen molar-refractivity contribution in [2.24, 2.45) is 0 Å². The van der Waals surface area contributed by atoms with E-state index in [1.54, 1.807) is 24.3 Å². The number of anilines is 1. The summed E-state index contributed by atoms with van der Waals surface area (Å²) in [6.45, 7) is 4.66. The standard InChI is InChI=1S/C14H17Cl2NO3/c1-10(2)20-8-7-17(13(18)9-15)12-5-3-11(4-6-12)14(16)19/h3-6,10H,7-9H2,1-2H3. The molecule has 0 aromatic heterocycles. The zero-order valence-electron chi connectivity index (χ0n) is 11.4. The van der Waals surface area contributed by atoms with Crippen LogP contribution in [0.5, 0.6) is 0 Å². The monoisotopic (exact) mass is 317 g/mol. The lowest BCUT2D eigenvalue weighted by atomic mass is 10.2. The lowest BCUT2D eigenvalue weighted by Gasteiger charge is -2.22. The molecule has 0 heterocycles. The van der Waals surface area contributed by atoms with Gasteiger partial charge in [0, 0.05) is 17.8 Å². The molecule has 6 heteroatoms. The molecule has 1 aromatic carbocycles. The molecule has 0 radical (unpaired) electrons. The fraction of sp³-hybridized carbons (Fsp3) is 0.429. The van der Waals surface area contributed by atoms with Crippen LogP contribution in [0.3, 0.4) is 0 Å². The Kier molecular flexibility index (Phi) is 6.99. The topological polar surface area (TPSA) is 46.6 Å². The highest BCUT2D eigenvalue weighted by Gasteiger charge is 2.15. The minimum Gasteiger partial charge on any atom is -0.377 e. The van der Waals surface area contributed by atoms with E-state index >= 15 is 0 Å². The van der Waals surface area contributed by atoms with E-state index in [9.17, 15) is 9.59 Å². The number of ether oxygens (including phenoxy) is 1. The summed E-state index contributed by atoms with van der Waals surface area (Å²) in [6.07, 6.45) is 0.0965. The van der Waals surface area contributed by atoms with E-state index in [4.69, 9.17) is 27.9 Å². The van der Waals surface area contributed by atoms with E-state index in [1.807, 2.05) is 13.8 Å². The molecule has 1 aromatic rings. The van der Waals surface area contributed by atoms with Gasteiger partial charge in [0.15, 0.2) is 0 Å². The molecule has 0 unspecified atom stereocenters. The molecule has 0 atom stereocenters. The Morgan fingerprint density at radius 3 is 2.30 bits per heavy atom. The molecule has 4 nitrogen and oxygen atoms in total. The second-order valence-electron chi connectivity index (χ2n) is 4.42. The van der Waals surface area contributed by atoms with Crippen molar-refractivity contribution in [3.63, 3.8) is 0 Å². The van der Waals surface area contributed by atoms with Crippen LogP contribution in [0.4, 0.5) is 5.69 Å². The molecule has 110 valence electrons. The highest BCUT2D eigenvalue weighted by Crippen LogP contribution is 2.17. The number of benzene rings is 1. The highest BCUT2D eigenvalue weighted by atomic mass is 35.5. The van der Waals surface area contributed by atoms with Crippen molar-refractivity contribution in [3.8, 4) is 0 Å². The van der Waals surface area contributed by atoms with Crippen molar-refractivity contribution in [1.29, 1.82) is 0 Å². The first-order valence-corrected chi connectivity index (χ1v) is 7.14. The van der Waals surface area contributed by atoms with Crippen LogP contribution in [0.1, 0.15) is 24.2 Å². The van der Waals surface area contributed by atoms with Gasteiger partial charge in [-0.2, -0.15) is 0 Å². The summed E-state index contributed by atoms with van der Waals surface area (Å²) in [6, 6.07) is 6.47. The molecule has 0 spiro atoms. The molecule has 0 aliphatic heterocycles. The van der Waals surface area contributed by atoms with Crippen molar-refractivity contribution in [1.82, 2.24) is 0 Å². The van der Waals surface area contributed by atoms with Gasteiger partial charge in [-0.3, -0.25) is 9.59 Å². The van der Waals surface area contributed by atoms with E-state index in [0.29, 0.717) is 24.4 Å². The van der Waals surface area contributed by atoms with Gasteiger partial charge in [0.05, 0.1) is 12.7 Å². The average Bonchev–Trinajstić information content (AvgIpc) is 2.42. The summed E-state index contributed by atoms with van der Waals surface area (Å²) in [5.41, 5.74) is 1.04. The number of alkyl halides is 1. The molecule has 0 saturated heterocycles. The summed E-state index contributed by atoms with van der Waals surface area (Å²) in [5, 5.41) is -0.532. The molecular weight excluding hydrogens is 301 g/mol. The minimum absolute atomic E-state index is 0.0965. The molecule has 1 amide bonds. The van der Waals surface area contributed by atoms with Crippen molar-refractivity contribution < 1.29 is 14.3 Å². The third-order valence-corrected chi connectivity index (χ3v) is 3.03. The van der Waals surface area contributed by atoms with Gasteiger partial charge >= 0.3 is 0 Å². The van der Waals surface area contributed by atoms with Crippen molar-refractivity contribution in [3.05, 3.63) is 29.8 Å². The molecule has 0 fully saturated rings. The lowest BCUT2D eigenvalue weighted by Crippen LogP contribution is -2.35. The summed E-state index contributed by atoms with van der Waals surface area (Å²) in [7, 11) is 0. The zero-order valence-corrected chi connectivity index (χ0v) is 12.9. The van der Waals surface area contributed by atoms with Crippen LogP contribution in [0.2, 0.25) is 0 Å². The van der Waals surface area contributed by atoms with E-state index in [2.05, 4.69) is 0 Å². The smallest absolute Gasteiger partial charge is 0.252 e. The maximum atomic E-state index is 11.9. The van der Waals surface area contributed by atoms with Crippen LogP contribution in [0.25, 0.3) is 0 Å². The second-order valence-corrected chi connectivity index (χ2v) is 5.03. The van der Waals surface area contributed by atoms with Crippen LogP contribution in [-0.2, 0) is 9.53 Å². The number of hydrogen-bond donors (Lipinski definition) is 0. The molecule has 0 aliphatic carbocycles. The molecule has 0 aliphatic rings. The van der Waals surface area contributed by atoms with Crippen LogP contribution in [0, 0.1) is 0 Å². The number of carbonyl (C=O) groups excluding carboxylic acids is 2. The van der Waals surface area contributed by atoms with Crippen molar-refractivity contribution in [2.75, 3.05) is 23.9 Å². The Morgan fingerprint density at radius 1 is 1.25 bits per heavy atom. The predicted molar refractivity (Wildman–Crippen MR) is 80.8 cm³/mol. The van der Waals surface area contributed by atoms with Crippen molar-refractivity contribution >= 4 is 40.0 Å². The fourth-order valence-electron chi connectivity index (χ4n) is 1.62. The van der Waals surface area contributed by atoms with Gasteiger partial charge in [0.2, 0.25) is 5.91 Å². The van der Waals surface area contributed by atoms with Crippen LogP contribution in [-0.4, -0.2) is 36.3 Å². The highest BCUT2D eigenvalue weighted by molar-refractivity contribution is 6.67. The fourth-order valence-corrected chi connectivity index (χ4v) is 1.89. The number of nitrogens with zero attached hydrogens (tertiary/aromatic N) is 1. The van der Waals surface area contributed by atoms with E-state index in [-0.39, 0.29) is 17.9 Å². The third-order valence-electron chi connectivity index (χ3n) is 2.59. The Balaban J connectivity index is 2.81. The number of halogens is 2. The summed E-state index contributed by atoms with van der Waals surface area (Å²) >= 11 is 11.0. The first kappa shape index (κ1) is 17.0. The van der Waals surface area contributed by atoms with Crippen molar-refractivity contribution in [2.45, 2.75) is 20.0 Å². The van der Waals surface area contributed by atoms with Crippen LogP contribution in [0.15, 0.2) is 24.3 Å². The van der Waals surface area contributed by atoms with E-state index in [0.717, 1.165) is 0 Å². The van der Waals surface area contributed by atoms with Gasteiger partial charge < -0.3 is 9.64 Å². The third kappa shape index (κ3) is 5.12. The molecular formula is C14H17Cl2NO3. The van der Waals surface area contributed by atoms with E-state index in [1.165, 1.54) is 4.90 Å². The molecule has 0 N–H and O–H groups in total. The number of rotatable bonds is 7. The normalized spacial score (nSPS) is 10.7. The first-order chi connectivity index (χ1) is 9.45. The number of amides is 1. The first-order valence-electron chi connectivity index (χ1n) is 6.23. The van der Waals surface area contributed by atoms with Crippen LogP contribution < -0.4 is 4.90 Å². The number of carbonyl (C=O) groups is 2. The summed E-state index contributed by atoms with van der Waals surface area (Å²) < 4.78 is 5.44. The Labute approximate surface area is 128 Å². The Hall–Kier alpha value is -1.10. The quantitative estimate of drug-likeness (QED) is 0.573. The predicted octanol–water partition coefficient (Wildman–Crippen LogP) is 3.06.